The van der Waals surface area contributed by atoms with Crippen molar-refractivity contribution in [2.24, 2.45) is 5.92 Å². The van der Waals surface area contributed by atoms with Gasteiger partial charge in [-0.3, -0.25) is 4.79 Å². The third kappa shape index (κ3) is 5.82. The van der Waals surface area contributed by atoms with E-state index in [-0.39, 0.29) is 5.91 Å². The zero-order valence-corrected chi connectivity index (χ0v) is 11.6. The molecule has 0 aliphatic rings. The summed E-state index contributed by atoms with van der Waals surface area (Å²) in [4.78, 5) is 11.7. The van der Waals surface area contributed by atoms with Gasteiger partial charge < -0.3 is 10.6 Å². The third-order valence-electron chi connectivity index (χ3n) is 3.02. The largest absolute Gasteiger partial charge is 0.326 e. The van der Waals surface area contributed by atoms with Crippen LogP contribution in [0.3, 0.4) is 0 Å². The number of benzene rings is 1. The Balaban J connectivity index is 2.22. The minimum Gasteiger partial charge on any atom is -0.326 e. The van der Waals surface area contributed by atoms with Crippen LogP contribution in [0.15, 0.2) is 24.3 Å². The molecule has 3 nitrogen and oxygen atoms in total. The van der Waals surface area contributed by atoms with Gasteiger partial charge in [0.05, 0.1) is 0 Å². The van der Waals surface area contributed by atoms with E-state index in [1.165, 1.54) is 6.42 Å². The van der Waals surface area contributed by atoms with Crippen molar-refractivity contribution in [1.82, 2.24) is 5.32 Å². The Labute approximate surface area is 110 Å². The van der Waals surface area contributed by atoms with Crippen molar-refractivity contribution >= 4 is 11.6 Å². The highest BCUT2D eigenvalue weighted by molar-refractivity contribution is 5.90. The summed E-state index contributed by atoms with van der Waals surface area (Å²) in [6, 6.07) is 7.86. The van der Waals surface area contributed by atoms with Gasteiger partial charge in [-0.15, -0.1) is 0 Å². The van der Waals surface area contributed by atoms with E-state index in [0.29, 0.717) is 12.3 Å². The SMILES string of the molecule is CCC(C)CNCCC(=O)Nc1cccc(C)c1. The molecule has 1 unspecified atom stereocenters. The number of rotatable bonds is 7. The van der Waals surface area contributed by atoms with Gasteiger partial charge in [0.2, 0.25) is 5.91 Å². The van der Waals surface area contributed by atoms with Gasteiger partial charge >= 0.3 is 0 Å². The molecule has 18 heavy (non-hydrogen) atoms. The number of nitrogens with one attached hydrogen (secondary N) is 2. The van der Waals surface area contributed by atoms with Crippen molar-refractivity contribution in [3.8, 4) is 0 Å². The molecule has 0 aromatic heterocycles. The van der Waals surface area contributed by atoms with Gasteiger partial charge in [-0.25, -0.2) is 0 Å². The molecule has 0 heterocycles. The fourth-order valence-electron chi connectivity index (χ4n) is 1.64. The van der Waals surface area contributed by atoms with Crippen molar-refractivity contribution in [3.63, 3.8) is 0 Å². The second-order valence-electron chi connectivity index (χ2n) is 4.89. The van der Waals surface area contributed by atoms with Gasteiger partial charge in [0.15, 0.2) is 0 Å². The van der Waals surface area contributed by atoms with Crippen LogP contribution in [0.1, 0.15) is 32.3 Å². The monoisotopic (exact) mass is 248 g/mol. The molecular weight excluding hydrogens is 224 g/mol. The van der Waals surface area contributed by atoms with Crippen LogP contribution in [-0.2, 0) is 4.79 Å². The molecule has 1 aromatic rings. The fraction of sp³-hybridized carbons (Fsp3) is 0.533. The molecule has 1 aromatic carbocycles. The average molecular weight is 248 g/mol. The Hall–Kier alpha value is -1.35. The molecule has 1 rings (SSSR count). The molecule has 0 spiro atoms. The predicted octanol–water partition coefficient (Wildman–Crippen LogP) is 2.96. The Bertz CT molecular complexity index is 377. The first-order chi connectivity index (χ1) is 8.61. The maximum absolute atomic E-state index is 11.7. The highest BCUT2D eigenvalue weighted by Gasteiger charge is 2.03. The molecule has 2 N–H and O–H groups in total. The minimum absolute atomic E-state index is 0.0669. The Morgan fingerprint density at radius 2 is 2.17 bits per heavy atom. The highest BCUT2D eigenvalue weighted by Crippen LogP contribution is 2.09. The molecule has 1 amide bonds. The van der Waals surface area contributed by atoms with Crippen molar-refractivity contribution in [2.75, 3.05) is 18.4 Å². The third-order valence-corrected chi connectivity index (χ3v) is 3.02. The smallest absolute Gasteiger partial charge is 0.225 e. The zero-order valence-electron chi connectivity index (χ0n) is 11.6. The van der Waals surface area contributed by atoms with Crippen LogP contribution in [0.5, 0.6) is 0 Å². The molecule has 0 aliphatic carbocycles. The van der Waals surface area contributed by atoms with E-state index in [4.69, 9.17) is 0 Å². The first-order valence-electron chi connectivity index (χ1n) is 6.69. The number of anilines is 1. The molecule has 1 atom stereocenters. The summed E-state index contributed by atoms with van der Waals surface area (Å²) in [5.74, 6) is 0.738. The van der Waals surface area contributed by atoms with Crippen LogP contribution in [0, 0.1) is 12.8 Å². The number of amides is 1. The van der Waals surface area contributed by atoms with Gasteiger partial charge in [0.25, 0.3) is 0 Å². The summed E-state index contributed by atoms with van der Waals surface area (Å²) in [7, 11) is 0. The summed E-state index contributed by atoms with van der Waals surface area (Å²) >= 11 is 0. The van der Waals surface area contributed by atoms with Crippen molar-refractivity contribution in [1.29, 1.82) is 0 Å². The molecule has 0 bridgehead atoms. The summed E-state index contributed by atoms with van der Waals surface area (Å²) < 4.78 is 0. The Morgan fingerprint density at radius 1 is 1.39 bits per heavy atom. The van der Waals surface area contributed by atoms with E-state index in [2.05, 4.69) is 24.5 Å². The van der Waals surface area contributed by atoms with Crippen LogP contribution in [0.2, 0.25) is 0 Å². The number of carbonyl (C=O) groups excluding carboxylic acids is 1. The van der Waals surface area contributed by atoms with Crippen LogP contribution < -0.4 is 10.6 Å². The lowest BCUT2D eigenvalue weighted by Crippen LogP contribution is -2.25. The van der Waals surface area contributed by atoms with Crippen LogP contribution in [-0.4, -0.2) is 19.0 Å². The standard InChI is InChI=1S/C15H24N2O/c1-4-12(2)11-16-9-8-15(18)17-14-7-5-6-13(3)10-14/h5-7,10,12,16H,4,8-9,11H2,1-3H3,(H,17,18). The van der Waals surface area contributed by atoms with Gasteiger partial charge in [-0.1, -0.05) is 32.4 Å². The molecule has 0 fully saturated rings. The van der Waals surface area contributed by atoms with Crippen LogP contribution >= 0.6 is 0 Å². The second kappa shape index (κ2) is 7.88. The fourth-order valence-corrected chi connectivity index (χ4v) is 1.64. The molecular formula is C15H24N2O. The van der Waals surface area contributed by atoms with Gasteiger partial charge in [0, 0.05) is 18.7 Å². The first-order valence-corrected chi connectivity index (χ1v) is 6.69. The Morgan fingerprint density at radius 3 is 2.83 bits per heavy atom. The lowest BCUT2D eigenvalue weighted by atomic mass is 10.1. The lowest BCUT2D eigenvalue weighted by Gasteiger charge is -2.10. The molecule has 3 heteroatoms. The van der Waals surface area contributed by atoms with E-state index in [1.54, 1.807) is 0 Å². The number of aryl methyl sites for hydroxylation is 1. The van der Waals surface area contributed by atoms with Crippen LogP contribution in [0.25, 0.3) is 0 Å². The topological polar surface area (TPSA) is 41.1 Å². The zero-order chi connectivity index (χ0) is 13.4. The molecule has 0 saturated carbocycles. The predicted molar refractivity (Wildman–Crippen MR) is 76.8 cm³/mol. The average Bonchev–Trinajstić information content (AvgIpc) is 2.34. The second-order valence-corrected chi connectivity index (χ2v) is 4.89. The quantitative estimate of drug-likeness (QED) is 0.728. The Kier molecular flexibility index (Phi) is 6.44. The van der Waals surface area contributed by atoms with E-state index in [1.807, 2.05) is 31.2 Å². The molecule has 100 valence electrons. The van der Waals surface area contributed by atoms with E-state index in [0.717, 1.165) is 24.3 Å². The maximum Gasteiger partial charge on any atom is 0.225 e. The number of hydrogen-bond acceptors (Lipinski definition) is 2. The highest BCUT2D eigenvalue weighted by atomic mass is 16.1. The van der Waals surface area contributed by atoms with E-state index in [9.17, 15) is 4.79 Å². The normalized spacial score (nSPS) is 12.2. The molecule has 0 aliphatic heterocycles. The minimum atomic E-state index is 0.0669. The molecule has 0 saturated heterocycles. The van der Waals surface area contributed by atoms with Crippen molar-refractivity contribution < 1.29 is 4.79 Å². The summed E-state index contributed by atoms with van der Waals surface area (Å²) in [6.07, 6.45) is 1.69. The van der Waals surface area contributed by atoms with Gasteiger partial charge in [-0.2, -0.15) is 0 Å². The van der Waals surface area contributed by atoms with Gasteiger partial charge in [-0.05, 0) is 37.1 Å². The number of carbonyl (C=O) groups is 1. The van der Waals surface area contributed by atoms with Crippen molar-refractivity contribution in [2.45, 2.75) is 33.6 Å². The van der Waals surface area contributed by atoms with Crippen LogP contribution in [0.4, 0.5) is 5.69 Å². The summed E-state index contributed by atoms with van der Waals surface area (Å²) in [5, 5.41) is 6.21. The summed E-state index contributed by atoms with van der Waals surface area (Å²) in [5.41, 5.74) is 2.03. The van der Waals surface area contributed by atoms with Crippen molar-refractivity contribution in [3.05, 3.63) is 29.8 Å². The molecule has 0 radical (unpaired) electrons. The summed E-state index contributed by atoms with van der Waals surface area (Å²) in [6.45, 7) is 8.12. The lowest BCUT2D eigenvalue weighted by molar-refractivity contribution is -0.116. The number of hydrogen-bond donors (Lipinski definition) is 2. The van der Waals surface area contributed by atoms with Gasteiger partial charge in [0.1, 0.15) is 0 Å². The van der Waals surface area contributed by atoms with E-state index >= 15 is 0 Å². The maximum atomic E-state index is 11.7. The van der Waals surface area contributed by atoms with E-state index < -0.39 is 0 Å². The first kappa shape index (κ1) is 14.7.